The Bertz CT molecular complexity index is 1240. The van der Waals surface area contributed by atoms with E-state index in [9.17, 15) is 14.0 Å². The molecule has 0 radical (unpaired) electrons. The van der Waals surface area contributed by atoms with Crippen molar-refractivity contribution < 1.29 is 23.3 Å². The molecule has 5 fully saturated rings. The van der Waals surface area contributed by atoms with Crippen LogP contribution in [-0.2, 0) is 20.5 Å². The van der Waals surface area contributed by atoms with Crippen LogP contribution in [0.2, 0.25) is 5.82 Å². The standard InChI is InChI=1S/C30H37BFN3O4/c1-29(2)20-16-25(29)30(3)26(17-20)38-31(39-30)24(15-19-9-11-21(32)12-10-19)23(27(33)36)18-34-13-14-35(28(34)37)22-7-5-4-6-8-22/h4-12,20,23-26H,13-18H2,1-3H3,(H2,33,36)/t20-,23?,24+,25-,26+,30-/m0/s1. The zero-order valence-corrected chi connectivity index (χ0v) is 22.9. The van der Waals surface area contributed by atoms with Crippen LogP contribution in [0, 0.1) is 29.0 Å². The topological polar surface area (TPSA) is 85.1 Å². The Labute approximate surface area is 230 Å². The number of amides is 3. The predicted octanol–water partition coefficient (Wildman–Crippen LogP) is 4.51. The van der Waals surface area contributed by atoms with Crippen molar-refractivity contribution in [1.29, 1.82) is 0 Å². The summed E-state index contributed by atoms with van der Waals surface area (Å²) in [4.78, 5) is 29.9. The lowest BCUT2D eigenvalue weighted by molar-refractivity contribution is -0.199. The van der Waals surface area contributed by atoms with Crippen molar-refractivity contribution in [3.8, 4) is 0 Å². The van der Waals surface area contributed by atoms with Crippen LogP contribution in [0.25, 0.3) is 0 Å². The number of hydrogen-bond donors (Lipinski definition) is 1. The first-order chi connectivity index (χ1) is 18.6. The van der Waals surface area contributed by atoms with E-state index in [1.54, 1.807) is 21.9 Å². The molecule has 2 N–H and O–H groups in total. The van der Waals surface area contributed by atoms with Gasteiger partial charge in [-0.1, -0.05) is 44.2 Å². The SMILES string of the molecule is CC1(C)[C@@H]2C[C@H]3OB([C@H](Cc4ccc(F)cc4)C(CN4CCN(c5ccccc5)C4=O)C(N)=O)O[C@@]3(C)[C@H]1C2. The average molecular weight is 533 g/mol. The second-order valence-electron chi connectivity index (χ2n) is 12.6. The zero-order chi connectivity index (χ0) is 27.5. The molecule has 2 aliphatic heterocycles. The molecule has 2 saturated heterocycles. The number of anilines is 1. The van der Waals surface area contributed by atoms with Crippen LogP contribution in [0.3, 0.4) is 0 Å². The van der Waals surface area contributed by atoms with Crippen molar-refractivity contribution in [2.75, 3.05) is 24.5 Å². The Balaban J connectivity index is 1.27. The quantitative estimate of drug-likeness (QED) is 0.506. The predicted molar refractivity (Wildman–Crippen MR) is 147 cm³/mol. The minimum absolute atomic E-state index is 0.0505. The first-order valence-electron chi connectivity index (χ1n) is 14.1. The highest BCUT2D eigenvalue weighted by molar-refractivity contribution is 6.48. The molecule has 2 aromatic rings. The molecule has 3 amide bonds. The number of benzene rings is 2. The lowest BCUT2D eigenvalue weighted by Crippen LogP contribution is -2.65. The molecule has 206 valence electrons. The Kier molecular flexibility index (Phi) is 6.50. The van der Waals surface area contributed by atoms with Gasteiger partial charge in [-0.05, 0) is 73.3 Å². The van der Waals surface area contributed by atoms with E-state index in [1.807, 2.05) is 30.3 Å². The lowest BCUT2D eigenvalue weighted by Gasteiger charge is -2.64. The number of rotatable bonds is 8. The van der Waals surface area contributed by atoms with Crippen LogP contribution < -0.4 is 10.6 Å². The second-order valence-corrected chi connectivity index (χ2v) is 12.6. The fourth-order valence-corrected chi connectivity index (χ4v) is 7.68. The third-order valence-electron chi connectivity index (χ3n) is 10.2. The maximum absolute atomic E-state index is 13.7. The second kappa shape index (κ2) is 9.63. The van der Waals surface area contributed by atoms with Crippen LogP contribution in [0.15, 0.2) is 54.6 Å². The van der Waals surface area contributed by atoms with Gasteiger partial charge in [-0.3, -0.25) is 9.69 Å². The highest BCUT2D eigenvalue weighted by atomic mass is 19.1. The number of nitrogens with two attached hydrogens (primary N) is 1. The summed E-state index contributed by atoms with van der Waals surface area (Å²) in [5.41, 5.74) is 7.47. The van der Waals surface area contributed by atoms with Crippen molar-refractivity contribution in [1.82, 2.24) is 4.90 Å². The summed E-state index contributed by atoms with van der Waals surface area (Å²) in [6, 6.07) is 15.7. The van der Waals surface area contributed by atoms with Gasteiger partial charge < -0.3 is 19.9 Å². The van der Waals surface area contributed by atoms with Gasteiger partial charge in [-0.25, -0.2) is 9.18 Å². The van der Waals surface area contributed by atoms with E-state index in [2.05, 4.69) is 20.8 Å². The molecule has 6 atom stereocenters. The number of urea groups is 1. The van der Waals surface area contributed by atoms with Crippen molar-refractivity contribution in [2.45, 2.75) is 57.6 Å². The zero-order valence-electron chi connectivity index (χ0n) is 22.9. The summed E-state index contributed by atoms with van der Waals surface area (Å²) in [6.45, 7) is 7.96. The molecule has 0 spiro atoms. The highest BCUT2D eigenvalue weighted by Gasteiger charge is 2.68. The normalized spacial score (nSPS) is 30.6. The Morgan fingerprint density at radius 1 is 1.10 bits per heavy atom. The number of primary amides is 1. The highest BCUT2D eigenvalue weighted by Crippen LogP contribution is 2.66. The Morgan fingerprint density at radius 3 is 2.49 bits per heavy atom. The maximum atomic E-state index is 13.7. The van der Waals surface area contributed by atoms with Gasteiger partial charge in [-0.2, -0.15) is 0 Å². The molecule has 1 unspecified atom stereocenters. The number of nitrogens with zero attached hydrogens (tertiary/aromatic N) is 2. The van der Waals surface area contributed by atoms with Crippen molar-refractivity contribution >= 4 is 24.7 Å². The molecule has 39 heavy (non-hydrogen) atoms. The third kappa shape index (κ3) is 4.44. The molecule has 3 saturated carbocycles. The number of halogens is 1. The lowest BCUT2D eigenvalue weighted by atomic mass is 9.43. The van der Waals surface area contributed by atoms with Crippen molar-refractivity contribution in [3.05, 3.63) is 66.0 Å². The number of para-hydroxylation sites is 1. The van der Waals surface area contributed by atoms with Crippen LogP contribution in [-0.4, -0.2) is 55.3 Å². The maximum Gasteiger partial charge on any atom is 0.462 e. The van der Waals surface area contributed by atoms with Gasteiger partial charge in [0.1, 0.15) is 5.82 Å². The molecule has 0 aromatic heterocycles. The van der Waals surface area contributed by atoms with Crippen LogP contribution in [0.4, 0.5) is 14.9 Å². The summed E-state index contributed by atoms with van der Waals surface area (Å²) < 4.78 is 27.1. The van der Waals surface area contributed by atoms with Gasteiger partial charge in [0.05, 0.1) is 17.6 Å². The molecule has 2 bridgehead atoms. The summed E-state index contributed by atoms with van der Waals surface area (Å²) >= 11 is 0. The Hall–Kier alpha value is -2.91. The molecule has 7 nitrogen and oxygen atoms in total. The van der Waals surface area contributed by atoms with Gasteiger partial charge in [0, 0.05) is 31.1 Å². The fourth-order valence-electron chi connectivity index (χ4n) is 7.68. The minimum atomic E-state index is -0.702. The number of carbonyl (C=O) groups is 2. The van der Waals surface area contributed by atoms with Gasteiger partial charge in [0.2, 0.25) is 5.91 Å². The summed E-state index contributed by atoms with van der Waals surface area (Å²) in [5, 5.41) is 0. The van der Waals surface area contributed by atoms with Crippen LogP contribution >= 0.6 is 0 Å². The van der Waals surface area contributed by atoms with E-state index in [1.165, 1.54) is 12.1 Å². The van der Waals surface area contributed by atoms with E-state index < -0.39 is 30.4 Å². The molecule has 3 aliphatic carbocycles. The van der Waals surface area contributed by atoms with E-state index in [4.69, 9.17) is 15.0 Å². The molecule has 7 rings (SSSR count). The molecule has 2 aromatic carbocycles. The summed E-state index contributed by atoms with van der Waals surface area (Å²) in [5.74, 6) is -0.988. The number of hydrogen-bond acceptors (Lipinski definition) is 4. The van der Waals surface area contributed by atoms with Crippen LogP contribution in [0.1, 0.15) is 39.2 Å². The van der Waals surface area contributed by atoms with Crippen molar-refractivity contribution in [2.24, 2.45) is 28.9 Å². The summed E-state index contributed by atoms with van der Waals surface area (Å²) in [7, 11) is -0.652. The monoisotopic (exact) mass is 533 g/mol. The fraction of sp³-hybridized carbons (Fsp3) is 0.533. The van der Waals surface area contributed by atoms with Gasteiger partial charge in [-0.15, -0.1) is 0 Å². The van der Waals surface area contributed by atoms with Gasteiger partial charge in [0.25, 0.3) is 0 Å². The van der Waals surface area contributed by atoms with E-state index in [-0.39, 0.29) is 29.9 Å². The third-order valence-corrected chi connectivity index (χ3v) is 10.2. The average Bonchev–Trinajstić information content (AvgIpc) is 3.46. The van der Waals surface area contributed by atoms with E-state index in [0.717, 1.165) is 24.1 Å². The van der Waals surface area contributed by atoms with E-state index in [0.29, 0.717) is 31.3 Å². The Morgan fingerprint density at radius 2 is 1.82 bits per heavy atom. The van der Waals surface area contributed by atoms with Crippen molar-refractivity contribution in [3.63, 3.8) is 0 Å². The van der Waals surface area contributed by atoms with Crippen LogP contribution in [0.5, 0.6) is 0 Å². The van der Waals surface area contributed by atoms with Gasteiger partial charge >= 0.3 is 13.1 Å². The first kappa shape index (κ1) is 26.3. The summed E-state index contributed by atoms with van der Waals surface area (Å²) in [6.07, 6.45) is 2.42. The molecular weight excluding hydrogens is 496 g/mol. The molecule has 2 heterocycles. The molecule has 9 heteroatoms. The largest absolute Gasteiger partial charge is 0.462 e. The first-order valence-corrected chi connectivity index (χ1v) is 14.1. The van der Waals surface area contributed by atoms with E-state index >= 15 is 0 Å². The number of carbonyl (C=O) groups excluding carboxylic acids is 2. The minimum Gasteiger partial charge on any atom is -0.405 e. The molecule has 5 aliphatic rings. The van der Waals surface area contributed by atoms with Gasteiger partial charge in [0.15, 0.2) is 0 Å². The molecular formula is C30H37BFN3O4. The smallest absolute Gasteiger partial charge is 0.405 e.